The molecule has 5 heteroatoms. The molecule has 1 aliphatic rings. The lowest BCUT2D eigenvalue weighted by molar-refractivity contribution is -0.000206. The Labute approximate surface area is 123 Å². The third kappa shape index (κ3) is 3.49. The standard InChI is InChI=1S/C15H19ClFNO2/c1-2-20-10-15(6-3-7-15)9-18-14(19)12-8-11(16)4-5-13(12)17/h4-5,8H,2-3,6-7,9-10H2,1H3,(H,18,19). The second-order valence-corrected chi connectivity index (χ2v) is 5.73. The van der Waals surface area contributed by atoms with Crippen LogP contribution in [0.15, 0.2) is 18.2 Å². The van der Waals surface area contributed by atoms with Gasteiger partial charge < -0.3 is 10.1 Å². The number of benzene rings is 1. The normalized spacial score (nSPS) is 16.6. The Hall–Kier alpha value is -1.13. The van der Waals surface area contributed by atoms with E-state index in [2.05, 4.69) is 5.32 Å². The highest BCUT2D eigenvalue weighted by Gasteiger charge is 2.37. The lowest BCUT2D eigenvalue weighted by atomic mass is 9.69. The molecule has 1 aromatic carbocycles. The molecule has 0 heterocycles. The monoisotopic (exact) mass is 299 g/mol. The molecule has 20 heavy (non-hydrogen) atoms. The lowest BCUT2D eigenvalue weighted by Gasteiger charge is -2.41. The van der Waals surface area contributed by atoms with E-state index in [4.69, 9.17) is 16.3 Å². The Morgan fingerprint density at radius 1 is 1.50 bits per heavy atom. The highest BCUT2D eigenvalue weighted by Crippen LogP contribution is 2.40. The number of rotatable bonds is 6. The van der Waals surface area contributed by atoms with Crippen molar-refractivity contribution in [3.8, 4) is 0 Å². The Morgan fingerprint density at radius 3 is 2.85 bits per heavy atom. The third-order valence-corrected chi connectivity index (χ3v) is 4.06. The predicted octanol–water partition coefficient (Wildman–Crippen LogP) is 3.42. The average molecular weight is 300 g/mol. The Morgan fingerprint density at radius 2 is 2.25 bits per heavy atom. The minimum Gasteiger partial charge on any atom is -0.381 e. The SMILES string of the molecule is CCOCC1(CNC(=O)c2cc(Cl)ccc2F)CCC1. The van der Waals surface area contributed by atoms with Gasteiger partial charge >= 0.3 is 0 Å². The summed E-state index contributed by atoms with van der Waals surface area (Å²) in [6.45, 7) is 3.77. The molecule has 0 saturated heterocycles. The molecule has 0 bridgehead atoms. The number of nitrogens with one attached hydrogen (secondary N) is 1. The molecule has 1 N–H and O–H groups in total. The van der Waals surface area contributed by atoms with Gasteiger partial charge in [0, 0.05) is 23.6 Å². The maximum atomic E-state index is 13.6. The summed E-state index contributed by atoms with van der Waals surface area (Å²) >= 11 is 5.79. The first kappa shape index (κ1) is 15.3. The van der Waals surface area contributed by atoms with Gasteiger partial charge in [0.25, 0.3) is 5.91 Å². The van der Waals surface area contributed by atoms with Crippen LogP contribution in [0.4, 0.5) is 4.39 Å². The number of amides is 1. The smallest absolute Gasteiger partial charge is 0.254 e. The molecule has 0 aliphatic heterocycles. The van der Waals surface area contributed by atoms with Crippen molar-refractivity contribution in [2.75, 3.05) is 19.8 Å². The molecule has 1 amide bonds. The van der Waals surface area contributed by atoms with Gasteiger partial charge in [0.15, 0.2) is 0 Å². The first-order valence-electron chi connectivity index (χ1n) is 6.87. The summed E-state index contributed by atoms with van der Waals surface area (Å²) in [5.41, 5.74) is 0.00385. The number of carbonyl (C=O) groups excluding carboxylic acids is 1. The van der Waals surface area contributed by atoms with E-state index in [1.807, 2.05) is 6.92 Å². The second kappa shape index (κ2) is 6.55. The van der Waals surface area contributed by atoms with E-state index in [1.54, 1.807) is 0 Å². The maximum Gasteiger partial charge on any atom is 0.254 e. The molecule has 0 unspecified atom stereocenters. The number of carbonyl (C=O) groups is 1. The van der Waals surface area contributed by atoms with Crippen LogP contribution in [0.3, 0.4) is 0 Å². The van der Waals surface area contributed by atoms with E-state index in [9.17, 15) is 9.18 Å². The van der Waals surface area contributed by atoms with E-state index in [1.165, 1.54) is 18.2 Å². The molecule has 0 spiro atoms. The first-order valence-corrected chi connectivity index (χ1v) is 7.25. The second-order valence-electron chi connectivity index (χ2n) is 5.30. The Bertz CT molecular complexity index is 489. The molecule has 1 fully saturated rings. The van der Waals surface area contributed by atoms with Crippen LogP contribution in [0.1, 0.15) is 36.5 Å². The van der Waals surface area contributed by atoms with Crippen LogP contribution in [-0.4, -0.2) is 25.7 Å². The average Bonchev–Trinajstić information content (AvgIpc) is 2.39. The molecule has 3 nitrogen and oxygen atoms in total. The quantitative estimate of drug-likeness (QED) is 0.874. The van der Waals surface area contributed by atoms with Crippen molar-refractivity contribution in [2.24, 2.45) is 5.41 Å². The van der Waals surface area contributed by atoms with Crippen molar-refractivity contribution in [2.45, 2.75) is 26.2 Å². The summed E-state index contributed by atoms with van der Waals surface area (Å²) in [6, 6.07) is 3.98. The van der Waals surface area contributed by atoms with Gasteiger partial charge in [-0.15, -0.1) is 0 Å². The molecule has 1 saturated carbocycles. The van der Waals surface area contributed by atoms with Crippen LogP contribution in [0.25, 0.3) is 0 Å². The van der Waals surface area contributed by atoms with Crippen LogP contribution < -0.4 is 5.32 Å². The molecule has 0 aromatic heterocycles. The zero-order valence-electron chi connectivity index (χ0n) is 11.5. The van der Waals surface area contributed by atoms with Crippen molar-refractivity contribution >= 4 is 17.5 Å². The molecular weight excluding hydrogens is 281 g/mol. The minimum absolute atomic E-state index is 0.0108. The molecule has 2 rings (SSSR count). The number of hydrogen-bond donors (Lipinski definition) is 1. The molecule has 110 valence electrons. The van der Waals surface area contributed by atoms with Gasteiger partial charge in [-0.1, -0.05) is 18.0 Å². The third-order valence-electron chi connectivity index (χ3n) is 3.82. The van der Waals surface area contributed by atoms with Crippen molar-refractivity contribution in [3.05, 3.63) is 34.6 Å². The molecular formula is C15H19ClFNO2. The van der Waals surface area contributed by atoms with Gasteiger partial charge in [-0.3, -0.25) is 4.79 Å². The Balaban J connectivity index is 1.96. The minimum atomic E-state index is -0.556. The number of halogens is 2. The van der Waals surface area contributed by atoms with E-state index in [0.29, 0.717) is 24.8 Å². The zero-order valence-corrected chi connectivity index (χ0v) is 12.3. The van der Waals surface area contributed by atoms with Gasteiger partial charge in [0.1, 0.15) is 5.82 Å². The summed E-state index contributed by atoms with van der Waals surface area (Å²) in [7, 11) is 0. The molecule has 0 atom stereocenters. The van der Waals surface area contributed by atoms with Gasteiger partial charge in [-0.05, 0) is 38.0 Å². The van der Waals surface area contributed by atoms with Gasteiger partial charge in [-0.2, -0.15) is 0 Å². The van der Waals surface area contributed by atoms with E-state index >= 15 is 0 Å². The van der Waals surface area contributed by atoms with Crippen molar-refractivity contribution < 1.29 is 13.9 Å². The molecule has 1 aromatic rings. The highest BCUT2D eigenvalue weighted by atomic mass is 35.5. The number of hydrogen-bond acceptors (Lipinski definition) is 2. The maximum absolute atomic E-state index is 13.6. The van der Waals surface area contributed by atoms with E-state index in [-0.39, 0.29) is 11.0 Å². The lowest BCUT2D eigenvalue weighted by Crippen LogP contribution is -2.45. The summed E-state index contributed by atoms with van der Waals surface area (Å²) in [5, 5.41) is 3.15. The van der Waals surface area contributed by atoms with Crippen molar-refractivity contribution in [1.29, 1.82) is 0 Å². The van der Waals surface area contributed by atoms with Crippen LogP contribution in [0, 0.1) is 11.2 Å². The number of ether oxygens (including phenoxy) is 1. The van der Waals surface area contributed by atoms with Gasteiger partial charge in [-0.25, -0.2) is 4.39 Å². The molecule has 1 aliphatic carbocycles. The fraction of sp³-hybridized carbons (Fsp3) is 0.533. The van der Waals surface area contributed by atoms with Crippen LogP contribution >= 0.6 is 11.6 Å². The van der Waals surface area contributed by atoms with Gasteiger partial charge in [0.2, 0.25) is 0 Å². The fourth-order valence-electron chi connectivity index (χ4n) is 2.40. The summed E-state index contributed by atoms with van der Waals surface area (Å²) in [5.74, 6) is -0.979. The predicted molar refractivity (Wildman–Crippen MR) is 76.5 cm³/mol. The van der Waals surface area contributed by atoms with Gasteiger partial charge in [0.05, 0.1) is 12.2 Å². The van der Waals surface area contributed by atoms with Crippen molar-refractivity contribution in [3.63, 3.8) is 0 Å². The largest absolute Gasteiger partial charge is 0.381 e. The zero-order chi connectivity index (χ0) is 14.6. The fourth-order valence-corrected chi connectivity index (χ4v) is 2.57. The topological polar surface area (TPSA) is 38.3 Å². The summed E-state index contributed by atoms with van der Waals surface area (Å²) in [4.78, 5) is 12.0. The van der Waals surface area contributed by atoms with E-state index in [0.717, 1.165) is 19.3 Å². The summed E-state index contributed by atoms with van der Waals surface area (Å²) in [6.07, 6.45) is 3.21. The highest BCUT2D eigenvalue weighted by molar-refractivity contribution is 6.30. The summed E-state index contributed by atoms with van der Waals surface area (Å²) < 4.78 is 19.1. The van der Waals surface area contributed by atoms with Crippen LogP contribution in [0.5, 0.6) is 0 Å². The molecule has 0 radical (unpaired) electrons. The van der Waals surface area contributed by atoms with E-state index < -0.39 is 11.7 Å². The van der Waals surface area contributed by atoms with Crippen molar-refractivity contribution in [1.82, 2.24) is 5.32 Å². The van der Waals surface area contributed by atoms with Crippen LogP contribution in [0.2, 0.25) is 5.02 Å². The van der Waals surface area contributed by atoms with Crippen LogP contribution in [-0.2, 0) is 4.74 Å². The Kier molecular flexibility index (Phi) is 5.00. The first-order chi connectivity index (χ1) is 9.56.